The van der Waals surface area contributed by atoms with Crippen molar-refractivity contribution in [3.8, 4) is 0 Å². The zero-order valence-electron chi connectivity index (χ0n) is 11.4. The van der Waals surface area contributed by atoms with E-state index in [1.807, 2.05) is 45.9 Å². The smallest absolute Gasteiger partial charge is 0.234 e. The number of hydrogen-bond acceptors (Lipinski definition) is 2. The number of amides is 1. The largest absolute Gasteiger partial charge is 0.350 e. The van der Waals surface area contributed by atoms with E-state index in [4.69, 9.17) is 0 Å². The Morgan fingerprint density at radius 3 is 2.61 bits per heavy atom. The average molecular weight is 313 g/mol. The van der Waals surface area contributed by atoms with Crippen LogP contribution in [0.25, 0.3) is 0 Å². The van der Waals surface area contributed by atoms with Gasteiger partial charge in [0, 0.05) is 16.1 Å². The molecule has 0 bridgehead atoms. The van der Waals surface area contributed by atoms with Gasteiger partial charge in [-0.15, -0.1) is 0 Å². The number of halogens is 1. The van der Waals surface area contributed by atoms with Gasteiger partial charge in [0.25, 0.3) is 0 Å². The Labute approximate surface area is 117 Å². The third-order valence-corrected chi connectivity index (χ3v) is 2.93. The van der Waals surface area contributed by atoms with Crippen molar-refractivity contribution in [1.82, 2.24) is 10.6 Å². The van der Waals surface area contributed by atoms with Gasteiger partial charge in [0.15, 0.2) is 0 Å². The molecule has 0 saturated heterocycles. The third-order valence-electron chi connectivity index (χ3n) is 2.43. The lowest BCUT2D eigenvalue weighted by atomic mass is 10.1. The Balaban J connectivity index is 2.46. The maximum absolute atomic E-state index is 11.7. The summed E-state index contributed by atoms with van der Waals surface area (Å²) in [5.41, 5.74) is 0.977. The molecule has 1 atom stereocenters. The Morgan fingerprint density at radius 2 is 2.06 bits per heavy atom. The molecular formula is C14H21BrN2O. The predicted molar refractivity (Wildman–Crippen MR) is 78.5 cm³/mol. The van der Waals surface area contributed by atoms with Crippen molar-refractivity contribution in [3.05, 3.63) is 34.3 Å². The summed E-state index contributed by atoms with van der Waals surface area (Å²) in [7, 11) is 0. The molecule has 2 N–H and O–H groups in total. The highest BCUT2D eigenvalue weighted by Crippen LogP contribution is 2.17. The minimum absolute atomic E-state index is 0.0179. The summed E-state index contributed by atoms with van der Waals surface area (Å²) in [5, 5.41) is 6.14. The number of hydrogen-bond donors (Lipinski definition) is 2. The van der Waals surface area contributed by atoms with Crippen LogP contribution in [-0.4, -0.2) is 18.0 Å². The van der Waals surface area contributed by atoms with E-state index in [-0.39, 0.29) is 17.5 Å². The van der Waals surface area contributed by atoms with Crippen LogP contribution < -0.4 is 10.6 Å². The van der Waals surface area contributed by atoms with Gasteiger partial charge in [-0.05, 0) is 45.4 Å². The Hall–Kier alpha value is -0.870. The van der Waals surface area contributed by atoms with Crippen molar-refractivity contribution in [3.63, 3.8) is 0 Å². The van der Waals surface area contributed by atoms with Gasteiger partial charge in [-0.3, -0.25) is 4.79 Å². The molecule has 18 heavy (non-hydrogen) atoms. The van der Waals surface area contributed by atoms with Gasteiger partial charge in [0.05, 0.1) is 6.54 Å². The van der Waals surface area contributed by atoms with E-state index >= 15 is 0 Å². The highest BCUT2D eigenvalue weighted by molar-refractivity contribution is 9.10. The highest BCUT2D eigenvalue weighted by Gasteiger charge is 2.14. The highest BCUT2D eigenvalue weighted by atomic mass is 79.9. The van der Waals surface area contributed by atoms with Gasteiger partial charge in [-0.1, -0.05) is 28.1 Å². The summed E-state index contributed by atoms with van der Waals surface area (Å²) in [6.45, 7) is 8.30. The molecule has 1 aromatic rings. The molecule has 0 aliphatic carbocycles. The average Bonchev–Trinajstić information content (AvgIpc) is 2.23. The molecule has 1 amide bonds. The molecule has 0 spiro atoms. The van der Waals surface area contributed by atoms with Crippen LogP contribution in [0.4, 0.5) is 0 Å². The maximum atomic E-state index is 11.7. The molecule has 0 saturated carbocycles. The molecule has 0 aliphatic heterocycles. The Morgan fingerprint density at radius 1 is 1.39 bits per heavy atom. The molecule has 1 unspecified atom stereocenters. The van der Waals surface area contributed by atoms with E-state index in [1.165, 1.54) is 0 Å². The van der Waals surface area contributed by atoms with Crippen LogP contribution in [0.15, 0.2) is 28.7 Å². The summed E-state index contributed by atoms with van der Waals surface area (Å²) in [6.07, 6.45) is 0. The van der Waals surface area contributed by atoms with Crippen LogP contribution >= 0.6 is 15.9 Å². The van der Waals surface area contributed by atoms with Crippen LogP contribution in [0.5, 0.6) is 0 Å². The number of carbonyl (C=O) groups is 1. The van der Waals surface area contributed by atoms with Crippen molar-refractivity contribution in [2.24, 2.45) is 0 Å². The fourth-order valence-corrected chi connectivity index (χ4v) is 2.02. The van der Waals surface area contributed by atoms with Crippen molar-refractivity contribution in [2.75, 3.05) is 6.54 Å². The van der Waals surface area contributed by atoms with Crippen LogP contribution in [0, 0.1) is 0 Å². The van der Waals surface area contributed by atoms with Gasteiger partial charge in [0.2, 0.25) is 5.91 Å². The normalized spacial score (nSPS) is 13.2. The molecule has 0 heterocycles. The SMILES string of the molecule is CC(NCC(=O)NC(C)(C)C)c1cccc(Br)c1. The summed E-state index contributed by atoms with van der Waals surface area (Å²) < 4.78 is 1.05. The lowest BCUT2D eigenvalue weighted by molar-refractivity contribution is -0.121. The number of rotatable bonds is 4. The molecule has 100 valence electrons. The molecule has 4 heteroatoms. The van der Waals surface area contributed by atoms with Gasteiger partial charge in [-0.2, -0.15) is 0 Å². The molecule has 0 fully saturated rings. The molecular weight excluding hydrogens is 292 g/mol. The molecule has 0 radical (unpaired) electrons. The Bertz CT molecular complexity index is 413. The van der Waals surface area contributed by atoms with Gasteiger partial charge < -0.3 is 10.6 Å². The first-order chi connectivity index (χ1) is 8.28. The minimum atomic E-state index is -0.183. The van der Waals surface area contributed by atoms with Crippen molar-refractivity contribution in [1.29, 1.82) is 0 Å². The minimum Gasteiger partial charge on any atom is -0.350 e. The molecule has 3 nitrogen and oxygen atoms in total. The summed E-state index contributed by atoms with van der Waals surface area (Å²) in [6, 6.07) is 8.23. The van der Waals surface area contributed by atoms with E-state index in [2.05, 4.69) is 32.6 Å². The van der Waals surface area contributed by atoms with Crippen molar-refractivity contribution >= 4 is 21.8 Å². The molecule has 1 aromatic carbocycles. The zero-order chi connectivity index (χ0) is 13.8. The lowest BCUT2D eigenvalue weighted by Crippen LogP contribution is -2.45. The maximum Gasteiger partial charge on any atom is 0.234 e. The number of benzene rings is 1. The van der Waals surface area contributed by atoms with E-state index in [1.54, 1.807) is 0 Å². The molecule has 1 rings (SSSR count). The quantitative estimate of drug-likeness (QED) is 0.897. The fraction of sp³-hybridized carbons (Fsp3) is 0.500. The van der Waals surface area contributed by atoms with E-state index in [9.17, 15) is 4.79 Å². The van der Waals surface area contributed by atoms with Crippen molar-refractivity contribution in [2.45, 2.75) is 39.3 Å². The van der Waals surface area contributed by atoms with Crippen LogP contribution in [-0.2, 0) is 4.79 Å². The first kappa shape index (κ1) is 15.2. The second kappa shape index (κ2) is 6.34. The molecule has 0 aromatic heterocycles. The first-order valence-electron chi connectivity index (χ1n) is 6.08. The second-order valence-corrected chi connectivity index (χ2v) is 6.37. The summed E-state index contributed by atoms with van der Waals surface area (Å²) in [4.78, 5) is 11.7. The fourth-order valence-electron chi connectivity index (χ4n) is 1.60. The van der Waals surface area contributed by atoms with Gasteiger partial charge in [-0.25, -0.2) is 0 Å². The van der Waals surface area contributed by atoms with E-state index in [0.717, 1.165) is 10.0 Å². The second-order valence-electron chi connectivity index (χ2n) is 5.46. The lowest BCUT2D eigenvalue weighted by Gasteiger charge is -2.21. The Kier molecular flexibility index (Phi) is 5.35. The zero-order valence-corrected chi connectivity index (χ0v) is 13.0. The topological polar surface area (TPSA) is 41.1 Å². The van der Waals surface area contributed by atoms with E-state index in [0.29, 0.717) is 6.54 Å². The standard InChI is InChI=1S/C14H21BrN2O/c1-10(11-6-5-7-12(15)8-11)16-9-13(18)17-14(2,3)4/h5-8,10,16H,9H2,1-4H3,(H,17,18). The number of carbonyl (C=O) groups excluding carboxylic acids is 1. The van der Waals surface area contributed by atoms with Crippen LogP contribution in [0.2, 0.25) is 0 Å². The first-order valence-corrected chi connectivity index (χ1v) is 6.87. The summed E-state index contributed by atoms with van der Waals surface area (Å²) >= 11 is 3.44. The van der Waals surface area contributed by atoms with E-state index < -0.39 is 0 Å². The molecule has 0 aliphatic rings. The van der Waals surface area contributed by atoms with Crippen molar-refractivity contribution < 1.29 is 4.79 Å². The summed E-state index contributed by atoms with van der Waals surface area (Å²) in [5.74, 6) is 0.0179. The number of nitrogens with one attached hydrogen (secondary N) is 2. The van der Waals surface area contributed by atoms with Gasteiger partial charge in [0.1, 0.15) is 0 Å². The third kappa shape index (κ3) is 5.65. The predicted octanol–water partition coefficient (Wildman–Crippen LogP) is 3.01. The van der Waals surface area contributed by atoms with Crippen LogP contribution in [0.3, 0.4) is 0 Å². The van der Waals surface area contributed by atoms with Crippen LogP contribution in [0.1, 0.15) is 39.3 Å². The monoisotopic (exact) mass is 312 g/mol. The van der Waals surface area contributed by atoms with Gasteiger partial charge >= 0.3 is 0 Å².